The van der Waals surface area contributed by atoms with E-state index in [-0.39, 0.29) is 37.8 Å². The van der Waals surface area contributed by atoms with Crippen molar-refractivity contribution in [1.29, 1.82) is 0 Å². The number of likely N-dealkylation sites (tertiary alicyclic amines) is 1. The summed E-state index contributed by atoms with van der Waals surface area (Å²) in [6.45, 7) is 9.22. The number of nitrogens with zero attached hydrogens (tertiary/aromatic N) is 1. The van der Waals surface area contributed by atoms with Gasteiger partial charge in [0.15, 0.2) is 0 Å². The van der Waals surface area contributed by atoms with Crippen LogP contribution in [0, 0.1) is 11.8 Å². The van der Waals surface area contributed by atoms with Gasteiger partial charge >= 0.3 is 13.9 Å². The zero-order valence-electron chi connectivity index (χ0n) is 16.5. The average molecular weight is 399 g/mol. The Hall–Kier alpha value is -1.40. The highest BCUT2D eigenvalue weighted by Gasteiger charge is 2.40. The standard InChI is InChI=1S/C19H30NO6P/c1-15(2)12-24-27(22,25-13-16(3)4)26-18-10-20(11-18)19(21)23-14-17-8-6-5-7-9-17/h5-9,15-16,18H,10-14H2,1-4H3. The van der Waals surface area contributed by atoms with E-state index < -0.39 is 13.9 Å². The maximum atomic E-state index is 12.8. The van der Waals surface area contributed by atoms with E-state index >= 15 is 0 Å². The van der Waals surface area contributed by atoms with Crippen LogP contribution >= 0.6 is 7.82 Å². The minimum absolute atomic E-state index is 0.204. The first-order chi connectivity index (χ1) is 12.8. The van der Waals surface area contributed by atoms with Gasteiger partial charge in [0.05, 0.1) is 26.3 Å². The van der Waals surface area contributed by atoms with Crippen LogP contribution in [0.25, 0.3) is 0 Å². The van der Waals surface area contributed by atoms with Crippen LogP contribution in [-0.2, 0) is 29.5 Å². The van der Waals surface area contributed by atoms with Gasteiger partial charge < -0.3 is 9.64 Å². The van der Waals surface area contributed by atoms with Crippen molar-refractivity contribution in [3.05, 3.63) is 35.9 Å². The molecule has 0 N–H and O–H groups in total. The Balaban J connectivity index is 1.77. The first-order valence-electron chi connectivity index (χ1n) is 9.30. The minimum Gasteiger partial charge on any atom is -0.445 e. The predicted molar refractivity (Wildman–Crippen MR) is 102 cm³/mol. The molecule has 1 heterocycles. The molecule has 0 spiro atoms. The molecule has 0 aromatic heterocycles. The topological polar surface area (TPSA) is 74.3 Å². The van der Waals surface area contributed by atoms with Gasteiger partial charge in [0, 0.05) is 0 Å². The number of amides is 1. The van der Waals surface area contributed by atoms with Gasteiger partial charge in [0.25, 0.3) is 0 Å². The minimum atomic E-state index is -3.65. The highest BCUT2D eigenvalue weighted by Crippen LogP contribution is 2.52. The molecule has 0 unspecified atom stereocenters. The fraction of sp³-hybridized carbons (Fsp3) is 0.632. The predicted octanol–water partition coefficient (Wildman–Crippen LogP) is 4.48. The third-order valence-corrected chi connectivity index (χ3v) is 5.21. The normalized spacial score (nSPS) is 15.3. The second kappa shape index (κ2) is 10.2. The Morgan fingerprint density at radius 1 is 1.07 bits per heavy atom. The highest BCUT2D eigenvalue weighted by molar-refractivity contribution is 7.48. The Kier molecular flexibility index (Phi) is 8.29. The molecule has 1 saturated heterocycles. The summed E-state index contributed by atoms with van der Waals surface area (Å²) in [5.41, 5.74) is 0.924. The molecular weight excluding hydrogens is 369 g/mol. The van der Waals surface area contributed by atoms with Crippen molar-refractivity contribution in [1.82, 2.24) is 4.90 Å². The quantitative estimate of drug-likeness (QED) is 0.540. The second-order valence-electron chi connectivity index (χ2n) is 7.50. The second-order valence-corrected chi connectivity index (χ2v) is 9.12. The highest BCUT2D eigenvalue weighted by atomic mass is 31.2. The number of ether oxygens (including phenoxy) is 1. The van der Waals surface area contributed by atoms with Crippen LogP contribution in [0.3, 0.4) is 0 Å². The molecule has 1 aromatic rings. The molecular formula is C19H30NO6P. The van der Waals surface area contributed by atoms with E-state index in [1.165, 1.54) is 4.90 Å². The fourth-order valence-electron chi connectivity index (χ4n) is 2.23. The zero-order valence-corrected chi connectivity index (χ0v) is 17.4. The molecule has 0 radical (unpaired) electrons. The molecule has 7 nitrogen and oxygen atoms in total. The third kappa shape index (κ3) is 7.62. The third-order valence-electron chi connectivity index (χ3n) is 3.72. The van der Waals surface area contributed by atoms with Crippen LogP contribution in [0.15, 0.2) is 30.3 Å². The molecule has 1 aromatic carbocycles. The lowest BCUT2D eigenvalue weighted by atomic mass is 10.2. The van der Waals surface area contributed by atoms with Crippen LogP contribution < -0.4 is 0 Å². The zero-order chi connectivity index (χ0) is 19.9. The number of carbonyl (C=O) groups excluding carboxylic acids is 1. The van der Waals surface area contributed by atoms with E-state index in [1.807, 2.05) is 58.0 Å². The number of carbonyl (C=O) groups is 1. The van der Waals surface area contributed by atoms with Crippen molar-refractivity contribution < 1.29 is 27.7 Å². The Morgan fingerprint density at radius 2 is 1.63 bits per heavy atom. The molecule has 1 fully saturated rings. The Bertz CT molecular complexity index is 614. The molecule has 2 rings (SSSR count). The molecule has 0 aliphatic carbocycles. The number of hydrogen-bond donors (Lipinski definition) is 0. The Morgan fingerprint density at radius 3 is 2.15 bits per heavy atom. The summed E-state index contributed by atoms with van der Waals surface area (Å²) in [6.07, 6.45) is -0.806. The van der Waals surface area contributed by atoms with Crippen LogP contribution in [-0.4, -0.2) is 43.4 Å². The van der Waals surface area contributed by atoms with Gasteiger partial charge in [-0.25, -0.2) is 9.36 Å². The van der Waals surface area contributed by atoms with Gasteiger partial charge in [-0.15, -0.1) is 0 Å². The van der Waals surface area contributed by atoms with Gasteiger partial charge in [0.2, 0.25) is 0 Å². The van der Waals surface area contributed by atoms with Gasteiger partial charge in [-0.3, -0.25) is 13.6 Å². The van der Waals surface area contributed by atoms with Crippen LogP contribution in [0.2, 0.25) is 0 Å². The molecule has 0 bridgehead atoms. The summed E-state index contributed by atoms with van der Waals surface area (Å²) in [7, 11) is -3.65. The van der Waals surface area contributed by atoms with Gasteiger partial charge in [-0.1, -0.05) is 58.0 Å². The number of phosphoric acid groups is 1. The van der Waals surface area contributed by atoms with Gasteiger partial charge in [0.1, 0.15) is 12.7 Å². The molecule has 152 valence electrons. The lowest BCUT2D eigenvalue weighted by Gasteiger charge is -2.38. The van der Waals surface area contributed by atoms with Crippen LogP contribution in [0.4, 0.5) is 4.79 Å². The van der Waals surface area contributed by atoms with Gasteiger partial charge in [-0.05, 0) is 17.4 Å². The molecule has 0 atom stereocenters. The van der Waals surface area contributed by atoms with E-state index in [4.69, 9.17) is 18.3 Å². The Labute approximate surface area is 161 Å². The summed E-state index contributed by atoms with van der Waals surface area (Å²) < 4.78 is 34.5. The van der Waals surface area contributed by atoms with Crippen molar-refractivity contribution in [3.8, 4) is 0 Å². The van der Waals surface area contributed by atoms with E-state index in [9.17, 15) is 9.36 Å². The van der Waals surface area contributed by atoms with Gasteiger partial charge in [-0.2, -0.15) is 0 Å². The van der Waals surface area contributed by atoms with Crippen molar-refractivity contribution in [3.63, 3.8) is 0 Å². The van der Waals surface area contributed by atoms with Crippen LogP contribution in [0.1, 0.15) is 33.3 Å². The van der Waals surface area contributed by atoms with E-state index in [0.717, 1.165) is 5.56 Å². The number of hydrogen-bond acceptors (Lipinski definition) is 6. The lowest BCUT2D eigenvalue weighted by Crippen LogP contribution is -2.54. The summed E-state index contributed by atoms with van der Waals surface area (Å²) in [5.74, 6) is 0.408. The van der Waals surface area contributed by atoms with E-state index in [2.05, 4.69) is 0 Å². The van der Waals surface area contributed by atoms with Crippen molar-refractivity contribution in [2.45, 2.75) is 40.4 Å². The number of phosphoric ester groups is 1. The SMILES string of the molecule is CC(C)COP(=O)(OCC(C)C)OC1CN(C(=O)OCc2ccccc2)C1. The largest absolute Gasteiger partial charge is 0.475 e. The first-order valence-corrected chi connectivity index (χ1v) is 10.8. The number of benzene rings is 1. The maximum absolute atomic E-state index is 12.8. The smallest absolute Gasteiger partial charge is 0.445 e. The summed E-state index contributed by atoms with van der Waals surface area (Å²) in [4.78, 5) is 13.6. The summed E-state index contributed by atoms with van der Waals surface area (Å²) in [5, 5.41) is 0. The average Bonchev–Trinajstić information content (AvgIpc) is 2.60. The number of rotatable bonds is 10. The monoisotopic (exact) mass is 399 g/mol. The maximum Gasteiger partial charge on any atom is 0.475 e. The summed E-state index contributed by atoms with van der Waals surface area (Å²) in [6, 6.07) is 9.47. The molecule has 1 aliphatic heterocycles. The van der Waals surface area contributed by atoms with Crippen LogP contribution in [0.5, 0.6) is 0 Å². The van der Waals surface area contributed by atoms with Crippen molar-refractivity contribution in [2.24, 2.45) is 11.8 Å². The first kappa shape index (κ1) is 21.9. The lowest BCUT2D eigenvalue weighted by molar-refractivity contribution is -0.0179. The van der Waals surface area contributed by atoms with E-state index in [0.29, 0.717) is 13.1 Å². The van der Waals surface area contributed by atoms with E-state index in [1.54, 1.807) is 0 Å². The fourth-order valence-corrected chi connectivity index (χ4v) is 3.88. The molecule has 0 saturated carbocycles. The van der Waals surface area contributed by atoms with Crippen molar-refractivity contribution >= 4 is 13.9 Å². The van der Waals surface area contributed by atoms with Crippen molar-refractivity contribution in [2.75, 3.05) is 26.3 Å². The molecule has 1 amide bonds. The summed E-state index contributed by atoms with van der Waals surface area (Å²) >= 11 is 0. The molecule has 1 aliphatic rings. The molecule has 27 heavy (non-hydrogen) atoms. The molecule has 8 heteroatoms.